The Morgan fingerprint density at radius 1 is 0.312 bits per heavy atom. The van der Waals surface area contributed by atoms with Gasteiger partial charge in [0.2, 0.25) is 0 Å². The van der Waals surface area contributed by atoms with Crippen molar-refractivity contribution in [1.82, 2.24) is 47.1 Å². The second kappa shape index (κ2) is 39.3. The zero-order valence-corrected chi connectivity index (χ0v) is 82.7. The average Bonchev–Trinajstić information content (AvgIpc) is 1.51. The molecule has 0 N–H and O–H groups in total. The van der Waals surface area contributed by atoms with Gasteiger partial charge in [0.05, 0.1) is 78.2 Å². The second-order valence-electron chi connectivity index (χ2n) is 33.0. The number of imidazole rings is 5. The molecule has 0 amide bonds. The molecule has 128 heavy (non-hydrogen) atoms. The van der Waals surface area contributed by atoms with Crippen molar-refractivity contribution in [2.45, 2.75) is 105 Å². The maximum atomic E-state index is 4.91. The fraction of sp³-hybridized carbons (Fsp3) is 0.142. The Hall–Kier alpha value is -11.4. The van der Waals surface area contributed by atoms with Crippen molar-refractivity contribution in [2.24, 2.45) is 5.41 Å². The van der Waals surface area contributed by atoms with Crippen molar-refractivity contribution in [2.75, 3.05) is 0 Å². The van der Waals surface area contributed by atoms with Gasteiger partial charge >= 0.3 is 0 Å². The molecule has 0 bridgehead atoms. The summed E-state index contributed by atoms with van der Waals surface area (Å²) in [5.41, 5.74) is 33.6. The number of fused-ring (bicyclic) bond motifs is 31. The standard InChI is InChI=1S/C26H23N2.C24H21N2.C21H17N2.C20H13N2.C19H11N2.3CH4.5Ir/c1-15-9-10-22-20(12-15)25-19(5)11-16(2)13-21(25)26-27-14-23(28(22)26)24-17(3)7-6-8-18(24)4;1-24(2,3)15-16-12-13-21-19(14-16)17-8-4-5-9-18(17)23-25-20-10-6-7-11-22(20)26(21)23;1-15-9-8-10-16(2)20(15)23-19-14-7-6-13-18(19)22-21(23)17-11-4-3-5-12-17;1-13-10-11-18-16(12-13)14-6-2-3-7-15(14)20-21-17-8-4-5-9-19(17)22(18)20;1-2-9-15-13(7-1)14-8-3-5-11-17(14)21-18-12-6-4-10-16(18)20-19(15)21;;;;;;;;/h6-12,14H,1-5H3;4-8,10-14H,15H2,1-3H3;3-11,13-14H,1-2H3;2-6,8-12H,1H3;1-8,10-12H;3*1H4;;;;;/q5*-1;;;;;;;;. The minimum atomic E-state index is 0. The fourth-order valence-corrected chi connectivity index (χ4v) is 18.3. The van der Waals surface area contributed by atoms with Gasteiger partial charge in [-0.25, -0.2) is 0 Å². The molecule has 0 aliphatic heterocycles. The van der Waals surface area contributed by atoms with E-state index in [0.29, 0.717) is 0 Å². The summed E-state index contributed by atoms with van der Waals surface area (Å²) >= 11 is 0. The van der Waals surface area contributed by atoms with Crippen LogP contribution in [-0.2, 0) is 107 Å². The predicted molar refractivity (Wildman–Crippen MR) is 521 cm³/mol. The zero-order chi connectivity index (χ0) is 81.8. The molecular weight excluding hydrogens is 2460 g/mol. The minimum absolute atomic E-state index is 0. The summed E-state index contributed by atoms with van der Waals surface area (Å²) in [5.74, 6) is 0.934. The molecule has 0 aliphatic rings. The normalized spacial score (nSPS) is 11.1. The van der Waals surface area contributed by atoms with Gasteiger partial charge in [0.1, 0.15) is 0 Å². The summed E-state index contributed by atoms with van der Waals surface area (Å²) < 4.78 is 11.4. The molecule has 24 rings (SSSR count). The summed E-state index contributed by atoms with van der Waals surface area (Å²) in [5, 5.41) is 14.3. The Morgan fingerprint density at radius 3 is 1.22 bits per heavy atom. The summed E-state index contributed by atoms with van der Waals surface area (Å²) in [6, 6.07) is 121. The number of para-hydroxylation sites is 10. The van der Waals surface area contributed by atoms with Crippen LogP contribution in [0.2, 0.25) is 0 Å². The van der Waals surface area contributed by atoms with Crippen molar-refractivity contribution in [3.05, 3.63) is 384 Å². The SMILES string of the molecule is C.C.C.CC(C)(C)Cc1ccc2c(c1)c1ccc[c-]c1c1nc3ccccc3n21.Cc1[c-]c2c(c(C)c1)c1cc(C)ccc1n1c(-c3c(C)cccc3C)cnc21.Cc1ccc2c(c1)c1ccc[c-]c1c1nc3ccccc3n21.Cc1cccc(C)c1-n1c(-c2[c-]cccc2)nc2ccccc21.[Ir].[Ir].[Ir].[Ir].[Ir].[c-]1cccc2c1c1nc3ccccc3n1c1ccccc21. The van der Waals surface area contributed by atoms with E-state index in [1.54, 1.807) is 0 Å². The average molecular weight is 2560 g/mol. The van der Waals surface area contributed by atoms with Crippen LogP contribution in [0.15, 0.2) is 303 Å². The summed E-state index contributed by atoms with van der Waals surface area (Å²) in [6.45, 7) is 24.1. The number of aromatic nitrogens is 10. The first-order valence-electron chi connectivity index (χ1n) is 41.1. The van der Waals surface area contributed by atoms with Crippen LogP contribution >= 0.6 is 0 Å². The van der Waals surface area contributed by atoms with Crippen LogP contribution in [0.4, 0.5) is 0 Å². The number of rotatable bonds is 4. The van der Waals surface area contributed by atoms with Crippen molar-refractivity contribution in [3.63, 3.8) is 0 Å². The molecule has 649 valence electrons. The van der Waals surface area contributed by atoms with E-state index in [1.165, 1.54) is 121 Å². The van der Waals surface area contributed by atoms with Crippen LogP contribution in [0.3, 0.4) is 0 Å². The van der Waals surface area contributed by atoms with Gasteiger partial charge in [0.25, 0.3) is 0 Å². The van der Waals surface area contributed by atoms with E-state index in [1.807, 2.05) is 79.0 Å². The van der Waals surface area contributed by atoms with Crippen molar-refractivity contribution in [1.29, 1.82) is 0 Å². The quantitative estimate of drug-likeness (QED) is 0.129. The van der Waals surface area contributed by atoms with E-state index in [4.69, 9.17) is 24.9 Å². The van der Waals surface area contributed by atoms with Gasteiger partial charge < -0.3 is 22.2 Å². The maximum Gasteiger partial charge on any atom is 0.0774 e. The van der Waals surface area contributed by atoms with Crippen LogP contribution < -0.4 is 0 Å². The van der Waals surface area contributed by atoms with Gasteiger partial charge in [0.15, 0.2) is 0 Å². The maximum absolute atomic E-state index is 4.91. The molecule has 0 unspecified atom stereocenters. The van der Waals surface area contributed by atoms with Gasteiger partial charge in [-0.15, -0.1) is 148 Å². The third-order valence-corrected chi connectivity index (χ3v) is 23.3. The monoisotopic (exact) mass is 2560 g/mol. The van der Waals surface area contributed by atoms with Gasteiger partial charge in [-0.1, -0.05) is 234 Å². The van der Waals surface area contributed by atoms with E-state index in [-0.39, 0.29) is 128 Å². The summed E-state index contributed by atoms with van der Waals surface area (Å²) in [4.78, 5) is 24.3. The van der Waals surface area contributed by atoms with Crippen molar-refractivity contribution in [3.8, 4) is 28.3 Å². The first kappa shape index (κ1) is 95.7. The first-order valence-corrected chi connectivity index (χ1v) is 41.1. The molecule has 0 fully saturated rings. The topological polar surface area (TPSA) is 87.0 Å². The van der Waals surface area contributed by atoms with Crippen molar-refractivity contribution >= 4 is 153 Å². The van der Waals surface area contributed by atoms with Gasteiger partial charge in [-0.2, -0.15) is 0 Å². The van der Waals surface area contributed by atoms with E-state index < -0.39 is 0 Å². The van der Waals surface area contributed by atoms with Gasteiger partial charge in [-0.05, 0) is 176 Å². The predicted octanol–water partition coefficient (Wildman–Crippen LogP) is 29.3. The van der Waals surface area contributed by atoms with Gasteiger partial charge in [0, 0.05) is 140 Å². The molecule has 0 aliphatic carbocycles. The molecule has 24 aromatic rings. The Labute approximate surface area is 815 Å². The molecule has 0 spiro atoms. The zero-order valence-electron chi connectivity index (χ0n) is 70.7. The third-order valence-electron chi connectivity index (χ3n) is 23.3. The molecular formula is C113H97Ir5N10-5. The molecule has 10 nitrogen and oxygen atoms in total. The van der Waals surface area contributed by atoms with Crippen LogP contribution in [0.5, 0.6) is 0 Å². The number of aryl methyl sites for hydroxylation is 8. The van der Waals surface area contributed by atoms with E-state index in [2.05, 4.69) is 353 Å². The minimum Gasteiger partial charge on any atom is -0.333 e. The molecule has 15 heteroatoms. The number of hydrogen-bond donors (Lipinski definition) is 0. The number of hydrogen-bond acceptors (Lipinski definition) is 5. The Balaban J connectivity index is 0.000000143. The molecule has 9 heterocycles. The van der Waals surface area contributed by atoms with E-state index >= 15 is 0 Å². The van der Waals surface area contributed by atoms with Crippen molar-refractivity contribution < 1.29 is 101 Å². The molecule has 0 atom stereocenters. The molecule has 5 radical (unpaired) electrons. The van der Waals surface area contributed by atoms with Crippen LogP contribution in [0, 0.1) is 91.1 Å². The fourth-order valence-electron chi connectivity index (χ4n) is 18.3. The smallest absolute Gasteiger partial charge is 0.0774 e. The first-order chi connectivity index (χ1) is 58.5. The van der Waals surface area contributed by atoms with Crippen LogP contribution in [-0.4, -0.2) is 47.1 Å². The number of pyridine rings is 4. The van der Waals surface area contributed by atoms with Crippen LogP contribution in [0.1, 0.15) is 93.1 Å². The second-order valence-corrected chi connectivity index (χ2v) is 33.0. The van der Waals surface area contributed by atoms with Crippen LogP contribution in [0.25, 0.3) is 182 Å². The third kappa shape index (κ3) is 17.2. The number of nitrogens with zero attached hydrogens (tertiary/aromatic N) is 10. The molecule has 9 aromatic heterocycles. The van der Waals surface area contributed by atoms with Gasteiger partial charge in [-0.3, -0.25) is 24.9 Å². The summed E-state index contributed by atoms with van der Waals surface area (Å²) in [6.07, 6.45) is 3.08. The number of benzene rings is 15. The van der Waals surface area contributed by atoms with E-state index in [0.717, 1.165) is 117 Å². The Morgan fingerprint density at radius 2 is 0.719 bits per heavy atom. The Bertz CT molecular complexity index is 8220. The Kier molecular flexibility index (Phi) is 29.4. The molecule has 0 saturated carbocycles. The largest absolute Gasteiger partial charge is 0.333 e. The summed E-state index contributed by atoms with van der Waals surface area (Å²) in [7, 11) is 0. The van der Waals surface area contributed by atoms with E-state index in [9.17, 15) is 0 Å². The molecule has 0 saturated heterocycles. The molecule has 15 aromatic carbocycles.